The molecule has 0 aliphatic carbocycles. The van der Waals surface area contributed by atoms with Crippen LogP contribution < -0.4 is 4.72 Å². The fourth-order valence-electron chi connectivity index (χ4n) is 2.20. The maximum absolute atomic E-state index is 12.2. The summed E-state index contributed by atoms with van der Waals surface area (Å²) in [6, 6.07) is 11.5. The maximum Gasteiger partial charge on any atom is 0.215 e. The molecule has 1 atom stereocenters. The Bertz CT molecular complexity index is 722. The van der Waals surface area contributed by atoms with Gasteiger partial charge >= 0.3 is 0 Å². The van der Waals surface area contributed by atoms with Crippen molar-refractivity contribution in [1.29, 1.82) is 0 Å². The zero-order valence-corrected chi connectivity index (χ0v) is 14.6. The van der Waals surface area contributed by atoms with Gasteiger partial charge in [0.25, 0.3) is 0 Å². The van der Waals surface area contributed by atoms with Crippen molar-refractivity contribution in [2.45, 2.75) is 25.7 Å². The molecule has 1 heterocycles. The number of methoxy groups -OCH3 is 1. The van der Waals surface area contributed by atoms with E-state index in [1.165, 1.54) is 4.88 Å². The standard InChI is InChI=1S/C16H21NO3S2/c1-12-5-4-6-14(9-12)11-22(18,19)17-10-15(20-3)16-8-7-13(2)21-16/h4-9,15,17H,10-11H2,1-3H3. The SMILES string of the molecule is COC(CNS(=O)(=O)Cc1cccc(C)c1)c1ccc(C)s1. The van der Waals surface area contributed by atoms with E-state index in [-0.39, 0.29) is 18.4 Å². The summed E-state index contributed by atoms with van der Waals surface area (Å²) in [5.41, 5.74) is 1.84. The highest BCUT2D eigenvalue weighted by molar-refractivity contribution is 7.88. The van der Waals surface area contributed by atoms with E-state index in [4.69, 9.17) is 4.74 Å². The maximum atomic E-state index is 12.2. The number of ether oxygens (including phenoxy) is 1. The van der Waals surface area contributed by atoms with Crippen LogP contribution in [0.4, 0.5) is 0 Å². The minimum absolute atomic E-state index is 0.0193. The largest absolute Gasteiger partial charge is 0.375 e. The molecule has 120 valence electrons. The number of hydrogen-bond acceptors (Lipinski definition) is 4. The van der Waals surface area contributed by atoms with Crippen LogP contribution in [0.25, 0.3) is 0 Å². The molecule has 1 unspecified atom stereocenters. The van der Waals surface area contributed by atoms with Gasteiger partial charge < -0.3 is 4.74 Å². The second-order valence-corrected chi connectivity index (χ2v) is 8.40. The van der Waals surface area contributed by atoms with E-state index in [1.54, 1.807) is 18.4 Å². The first-order valence-corrected chi connectivity index (χ1v) is 9.48. The van der Waals surface area contributed by atoms with Crippen LogP contribution >= 0.6 is 11.3 Å². The number of aryl methyl sites for hydroxylation is 2. The molecule has 0 amide bonds. The minimum Gasteiger partial charge on any atom is -0.375 e. The molecule has 0 saturated heterocycles. The van der Waals surface area contributed by atoms with Gasteiger partial charge in [0.05, 0.1) is 5.75 Å². The molecule has 0 aliphatic heterocycles. The quantitative estimate of drug-likeness (QED) is 0.843. The Morgan fingerprint density at radius 1 is 1.23 bits per heavy atom. The Morgan fingerprint density at radius 2 is 2.00 bits per heavy atom. The molecular weight excluding hydrogens is 318 g/mol. The normalized spacial score (nSPS) is 13.2. The highest BCUT2D eigenvalue weighted by atomic mass is 32.2. The van der Waals surface area contributed by atoms with E-state index < -0.39 is 10.0 Å². The lowest BCUT2D eigenvalue weighted by atomic mass is 10.2. The Labute approximate surface area is 136 Å². The van der Waals surface area contributed by atoms with Crippen molar-refractivity contribution in [3.8, 4) is 0 Å². The topological polar surface area (TPSA) is 55.4 Å². The van der Waals surface area contributed by atoms with Crippen molar-refractivity contribution in [2.75, 3.05) is 13.7 Å². The number of nitrogens with one attached hydrogen (secondary N) is 1. The van der Waals surface area contributed by atoms with Gasteiger partial charge in [-0.1, -0.05) is 29.8 Å². The second-order valence-electron chi connectivity index (χ2n) is 5.27. The van der Waals surface area contributed by atoms with Crippen LogP contribution in [0.2, 0.25) is 0 Å². The summed E-state index contributed by atoms with van der Waals surface area (Å²) < 4.78 is 32.4. The average molecular weight is 339 g/mol. The molecular formula is C16H21NO3S2. The predicted molar refractivity (Wildman–Crippen MR) is 90.6 cm³/mol. The molecule has 22 heavy (non-hydrogen) atoms. The molecule has 6 heteroatoms. The van der Waals surface area contributed by atoms with Crippen molar-refractivity contribution in [1.82, 2.24) is 4.72 Å². The van der Waals surface area contributed by atoms with E-state index in [0.717, 1.165) is 16.0 Å². The monoisotopic (exact) mass is 339 g/mol. The summed E-state index contributed by atoms with van der Waals surface area (Å²) in [6.07, 6.45) is -0.258. The van der Waals surface area contributed by atoms with Crippen molar-refractivity contribution in [3.63, 3.8) is 0 Å². The Hall–Kier alpha value is -1.21. The Balaban J connectivity index is 1.99. The van der Waals surface area contributed by atoms with Crippen LogP contribution in [0.5, 0.6) is 0 Å². The van der Waals surface area contributed by atoms with E-state index in [0.29, 0.717) is 0 Å². The lowest BCUT2D eigenvalue weighted by Gasteiger charge is -2.15. The molecule has 1 aromatic carbocycles. The molecule has 0 spiro atoms. The van der Waals surface area contributed by atoms with Crippen LogP contribution in [-0.2, 0) is 20.5 Å². The lowest BCUT2D eigenvalue weighted by Crippen LogP contribution is -2.30. The average Bonchev–Trinajstić information content (AvgIpc) is 2.85. The molecule has 0 fully saturated rings. The van der Waals surface area contributed by atoms with Crippen molar-refractivity contribution in [3.05, 3.63) is 57.3 Å². The summed E-state index contributed by atoms with van der Waals surface area (Å²) in [5, 5.41) is 0. The molecule has 0 aliphatic rings. The second kappa shape index (κ2) is 7.37. The van der Waals surface area contributed by atoms with E-state index in [2.05, 4.69) is 4.72 Å². The summed E-state index contributed by atoms with van der Waals surface area (Å²) in [5.74, 6) is -0.0193. The van der Waals surface area contributed by atoms with Gasteiger partial charge in [-0.05, 0) is 31.5 Å². The van der Waals surface area contributed by atoms with Crippen molar-refractivity contribution >= 4 is 21.4 Å². The van der Waals surface area contributed by atoms with Gasteiger partial charge in [0.2, 0.25) is 10.0 Å². The number of rotatable bonds is 7. The highest BCUT2D eigenvalue weighted by Crippen LogP contribution is 2.24. The van der Waals surface area contributed by atoms with E-state index >= 15 is 0 Å². The Kier molecular flexibility index (Phi) is 5.74. The van der Waals surface area contributed by atoms with Gasteiger partial charge in [-0.25, -0.2) is 13.1 Å². The van der Waals surface area contributed by atoms with Crippen molar-refractivity contribution < 1.29 is 13.2 Å². The fraction of sp³-hybridized carbons (Fsp3) is 0.375. The van der Waals surface area contributed by atoms with Crippen LogP contribution in [0.1, 0.15) is 27.0 Å². The number of hydrogen-bond donors (Lipinski definition) is 1. The first kappa shape index (κ1) is 17.1. The molecule has 2 aromatic rings. The van der Waals surface area contributed by atoms with E-state index in [9.17, 15) is 8.42 Å². The minimum atomic E-state index is -3.38. The zero-order valence-electron chi connectivity index (χ0n) is 13.0. The first-order valence-electron chi connectivity index (χ1n) is 7.01. The summed E-state index contributed by atoms with van der Waals surface area (Å²) >= 11 is 1.62. The molecule has 0 saturated carbocycles. The number of thiophene rings is 1. The molecule has 0 bridgehead atoms. The summed E-state index contributed by atoms with van der Waals surface area (Å²) in [6.45, 7) is 4.21. The third-order valence-corrected chi connectivity index (χ3v) is 5.70. The van der Waals surface area contributed by atoms with Gasteiger partial charge in [-0.2, -0.15) is 0 Å². The predicted octanol–water partition coefficient (Wildman–Crippen LogP) is 3.17. The molecule has 1 N–H and O–H groups in total. The van der Waals surface area contributed by atoms with Gasteiger partial charge in [0.15, 0.2) is 0 Å². The van der Waals surface area contributed by atoms with Crippen LogP contribution in [0.15, 0.2) is 36.4 Å². The molecule has 4 nitrogen and oxygen atoms in total. The number of benzene rings is 1. The van der Waals surface area contributed by atoms with Crippen molar-refractivity contribution in [2.24, 2.45) is 0 Å². The van der Waals surface area contributed by atoms with Crippen LogP contribution in [0, 0.1) is 13.8 Å². The molecule has 1 aromatic heterocycles. The van der Waals surface area contributed by atoms with Crippen LogP contribution in [-0.4, -0.2) is 22.1 Å². The third kappa shape index (κ3) is 4.91. The number of sulfonamides is 1. The lowest BCUT2D eigenvalue weighted by molar-refractivity contribution is 0.110. The highest BCUT2D eigenvalue weighted by Gasteiger charge is 2.17. The van der Waals surface area contributed by atoms with Gasteiger partial charge in [0.1, 0.15) is 6.10 Å². The van der Waals surface area contributed by atoms with Gasteiger partial charge in [-0.15, -0.1) is 11.3 Å². The smallest absolute Gasteiger partial charge is 0.215 e. The molecule has 2 rings (SSSR count). The first-order chi connectivity index (χ1) is 10.4. The summed E-state index contributed by atoms with van der Waals surface area (Å²) in [7, 11) is -1.79. The summed E-state index contributed by atoms with van der Waals surface area (Å²) in [4.78, 5) is 2.21. The van der Waals surface area contributed by atoms with Gasteiger partial charge in [-0.3, -0.25) is 0 Å². The van der Waals surface area contributed by atoms with E-state index in [1.807, 2.05) is 50.2 Å². The molecule has 0 radical (unpaired) electrons. The Morgan fingerprint density at radius 3 is 2.59 bits per heavy atom. The third-order valence-electron chi connectivity index (χ3n) is 3.29. The van der Waals surface area contributed by atoms with Gasteiger partial charge in [0, 0.05) is 23.4 Å². The fourth-order valence-corrected chi connectivity index (χ4v) is 4.28. The zero-order chi connectivity index (χ0) is 16.2. The van der Waals surface area contributed by atoms with Crippen LogP contribution in [0.3, 0.4) is 0 Å².